The van der Waals surface area contributed by atoms with Crippen LogP contribution in [0.5, 0.6) is 11.5 Å². The largest absolute Gasteiger partial charge is 0.493 e. The number of hydrogen-bond acceptors (Lipinski definition) is 6. The summed E-state index contributed by atoms with van der Waals surface area (Å²) in [6.45, 7) is 0.359. The topological polar surface area (TPSA) is 73.3 Å². The molecule has 6 nitrogen and oxygen atoms in total. The van der Waals surface area contributed by atoms with E-state index < -0.39 is 0 Å². The number of halogens is 1. The Morgan fingerprint density at radius 1 is 1.07 bits per heavy atom. The lowest BCUT2D eigenvalue weighted by Crippen LogP contribution is -2.12. The van der Waals surface area contributed by atoms with Crippen LogP contribution in [0, 0.1) is 0 Å². The first-order valence-electron chi connectivity index (χ1n) is 8.72. The molecule has 3 aromatic carbocycles. The summed E-state index contributed by atoms with van der Waals surface area (Å²) in [5.74, 6) is 0.748. The molecule has 146 valence electrons. The van der Waals surface area contributed by atoms with Crippen molar-refractivity contribution < 1.29 is 14.3 Å². The Morgan fingerprint density at radius 2 is 1.90 bits per heavy atom. The van der Waals surface area contributed by atoms with Crippen molar-refractivity contribution in [2.24, 2.45) is 0 Å². The lowest BCUT2D eigenvalue weighted by atomic mass is 10.1. The third-order valence-corrected chi connectivity index (χ3v) is 5.06. The fourth-order valence-corrected chi connectivity index (χ4v) is 3.45. The number of ether oxygens (including phenoxy) is 2. The summed E-state index contributed by atoms with van der Waals surface area (Å²) in [6, 6.07) is 17.9. The summed E-state index contributed by atoms with van der Waals surface area (Å²) >= 11 is 7.01. The number of nitrogens with one attached hydrogen (secondary N) is 1. The lowest BCUT2D eigenvalue weighted by Gasteiger charge is -2.12. The molecular weight excluding hydrogens is 410 g/mol. The highest BCUT2D eigenvalue weighted by molar-refractivity contribution is 7.00. The van der Waals surface area contributed by atoms with Gasteiger partial charge in [0.15, 0.2) is 11.5 Å². The van der Waals surface area contributed by atoms with Crippen molar-refractivity contribution in [1.29, 1.82) is 0 Å². The molecule has 0 aliphatic rings. The number of methoxy groups -OCH3 is 1. The number of anilines is 1. The first-order valence-corrected chi connectivity index (χ1v) is 9.83. The Hall–Kier alpha value is -3.16. The first-order chi connectivity index (χ1) is 14.1. The van der Waals surface area contributed by atoms with Crippen LogP contribution in [0.25, 0.3) is 11.0 Å². The number of benzene rings is 3. The zero-order valence-electron chi connectivity index (χ0n) is 15.4. The third kappa shape index (κ3) is 4.31. The highest BCUT2D eigenvalue weighted by Gasteiger charge is 2.14. The zero-order valence-corrected chi connectivity index (χ0v) is 17.0. The number of fused-ring (bicyclic) bond motifs is 1. The Bertz CT molecular complexity index is 1160. The molecule has 0 bridgehead atoms. The van der Waals surface area contributed by atoms with Gasteiger partial charge in [0.05, 0.1) is 24.5 Å². The van der Waals surface area contributed by atoms with Crippen LogP contribution in [-0.2, 0) is 6.61 Å². The van der Waals surface area contributed by atoms with Crippen LogP contribution in [0.2, 0.25) is 5.02 Å². The van der Waals surface area contributed by atoms with Crippen LogP contribution in [0.1, 0.15) is 15.9 Å². The number of hydrogen-bond donors (Lipinski definition) is 1. The van der Waals surface area contributed by atoms with Crippen LogP contribution in [0.3, 0.4) is 0 Å². The minimum absolute atomic E-state index is 0.270. The average Bonchev–Trinajstić information content (AvgIpc) is 3.23. The van der Waals surface area contributed by atoms with E-state index in [0.29, 0.717) is 39.9 Å². The van der Waals surface area contributed by atoms with E-state index in [-0.39, 0.29) is 5.91 Å². The Kier molecular flexibility index (Phi) is 5.59. The van der Waals surface area contributed by atoms with Gasteiger partial charge in [-0.2, -0.15) is 8.75 Å². The van der Waals surface area contributed by atoms with Gasteiger partial charge in [0.2, 0.25) is 0 Å². The molecule has 1 N–H and O–H groups in total. The summed E-state index contributed by atoms with van der Waals surface area (Å²) in [4.78, 5) is 12.7. The summed E-state index contributed by atoms with van der Waals surface area (Å²) in [5, 5.41) is 3.55. The molecule has 0 saturated heterocycles. The number of nitrogens with zero attached hydrogens (tertiary/aromatic N) is 2. The van der Waals surface area contributed by atoms with Crippen molar-refractivity contribution in [2.75, 3.05) is 12.4 Å². The van der Waals surface area contributed by atoms with E-state index in [0.717, 1.165) is 22.8 Å². The minimum atomic E-state index is -0.270. The van der Waals surface area contributed by atoms with Crippen molar-refractivity contribution in [2.45, 2.75) is 6.61 Å². The molecule has 0 fully saturated rings. The number of carbonyl (C=O) groups is 1. The third-order valence-electron chi connectivity index (χ3n) is 4.27. The van der Waals surface area contributed by atoms with Crippen molar-refractivity contribution in [3.05, 3.63) is 76.8 Å². The average molecular weight is 426 g/mol. The Balaban J connectivity index is 1.50. The van der Waals surface area contributed by atoms with Gasteiger partial charge in [-0.1, -0.05) is 29.8 Å². The molecule has 0 aliphatic heterocycles. The fourth-order valence-electron chi connectivity index (χ4n) is 2.77. The summed E-state index contributed by atoms with van der Waals surface area (Å²) in [6.07, 6.45) is 0. The summed E-state index contributed by atoms with van der Waals surface area (Å²) in [5.41, 5.74) is 3.45. The first kappa shape index (κ1) is 19.2. The van der Waals surface area contributed by atoms with Crippen LogP contribution in [0.15, 0.2) is 60.7 Å². The van der Waals surface area contributed by atoms with E-state index in [4.69, 9.17) is 21.1 Å². The number of amides is 1. The molecule has 1 aromatic heterocycles. The van der Waals surface area contributed by atoms with Crippen molar-refractivity contribution in [1.82, 2.24) is 8.75 Å². The van der Waals surface area contributed by atoms with Gasteiger partial charge < -0.3 is 14.8 Å². The van der Waals surface area contributed by atoms with Crippen molar-refractivity contribution in [3.8, 4) is 11.5 Å². The Morgan fingerprint density at radius 3 is 2.69 bits per heavy atom. The van der Waals surface area contributed by atoms with E-state index in [9.17, 15) is 4.79 Å². The van der Waals surface area contributed by atoms with Crippen molar-refractivity contribution in [3.63, 3.8) is 0 Å². The minimum Gasteiger partial charge on any atom is -0.493 e. The van der Waals surface area contributed by atoms with Crippen LogP contribution in [-0.4, -0.2) is 21.8 Å². The molecule has 0 aliphatic carbocycles. The van der Waals surface area contributed by atoms with E-state index in [2.05, 4.69) is 14.1 Å². The molecule has 1 amide bonds. The normalized spacial score (nSPS) is 10.7. The maximum absolute atomic E-state index is 12.7. The second-order valence-electron chi connectivity index (χ2n) is 6.17. The maximum atomic E-state index is 12.7. The predicted molar refractivity (Wildman–Crippen MR) is 114 cm³/mol. The monoisotopic (exact) mass is 425 g/mol. The van der Waals surface area contributed by atoms with Gasteiger partial charge in [-0.25, -0.2) is 0 Å². The van der Waals surface area contributed by atoms with Crippen molar-refractivity contribution >= 4 is 46.0 Å². The maximum Gasteiger partial charge on any atom is 0.255 e. The fraction of sp³-hybridized carbons (Fsp3) is 0.0952. The number of aromatic nitrogens is 2. The smallest absolute Gasteiger partial charge is 0.255 e. The zero-order chi connectivity index (χ0) is 20.2. The molecule has 1 heterocycles. The van der Waals surface area contributed by atoms with E-state index in [1.807, 2.05) is 36.4 Å². The second kappa shape index (κ2) is 8.46. The summed E-state index contributed by atoms with van der Waals surface area (Å²) < 4.78 is 19.7. The highest BCUT2D eigenvalue weighted by Crippen LogP contribution is 2.30. The molecule has 0 saturated carbocycles. The second-order valence-corrected chi connectivity index (χ2v) is 7.14. The van der Waals surface area contributed by atoms with Gasteiger partial charge >= 0.3 is 0 Å². The molecule has 0 radical (unpaired) electrons. The molecule has 0 spiro atoms. The van der Waals surface area contributed by atoms with E-state index in [1.165, 1.54) is 7.11 Å². The van der Waals surface area contributed by atoms with Gasteiger partial charge in [0.1, 0.15) is 17.6 Å². The van der Waals surface area contributed by atoms with Gasteiger partial charge in [-0.15, -0.1) is 0 Å². The SMILES string of the molecule is COc1cc(C(=O)Nc2cccc3nsnc23)ccc1OCc1ccc(Cl)cc1. The summed E-state index contributed by atoms with van der Waals surface area (Å²) in [7, 11) is 1.54. The Labute approximate surface area is 176 Å². The quantitative estimate of drug-likeness (QED) is 0.460. The molecule has 4 rings (SSSR count). The van der Waals surface area contributed by atoms with Crippen LogP contribution >= 0.6 is 23.3 Å². The van der Waals surface area contributed by atoms with Gasteiger partial charge in [-0.3, -0.25) is 4.79 Å². The van der Waals surface area contributed by atoms with Gasteiger partial charge in [0, 0.05) is 10.6 Å². The van der Waals surface area contributed by atoms with Gasteiger partial charge in [0.25, 0.3) is 5.91 Å². The van der Waals surface area contributed by atoms with Crippen LogP contribution < -0.4 is 14.8 Å². The van der Waals surface area contributed by atoms with Crippen LogP contribution in [0.4, 0.5) is 5.69 Å². The number of rotatable bonds is 6. The molecule has 0 unspecified atom stereocenters. The standard InChI is InChI=1S/C21H16ClN3O3S/c1-27-19-11-14(7-10-18(19)28-12-13-5-8-15(22)9-6-13)21(26)23-16-3-2-4-17-20(16)25-29-24-17/h2-11H,12H2,1H3,(H,23,26). The molecule has 29 heavy (non-hydrogen) atoms. The lowest BCUT2D eigenvalue weighted by molar-refractivity contribution is 0.102. The molecule has 8 heteroatoms. The molecule has 0 atom stereocenters. The van der Waals surface area contributed by atoms with Gasteiger partial charge in [-0.05, 0) is 48.0 Å². The molecular formula is C21H16ClN3O3S. The van der Waals surface area contributed by atoms with E-state index in [1.54, 1.807) is 24.3 Å². The predicted octanol–water partition coefficient (Wildman–Crippen LogP) is 5.18. The number of carbonyl (C=O) groups excluding carboxylic acids is 1. The van der Waals surface area contributed by atoms with E-state index >= 15 is 0 Å². The highest BCUT2D eigenvalue weighted by atomic mass is 35.5. The molecule has 4 aromatic rings.